The lowest BCUT2D eigenvalue weighted by atomic mass is 10.0. The molecule has 2 rings (SSSR count). The average Bonchev–Trinajstić information content (AvgIpc) is 2.62. The summed E-state index contributed by atoms with van der Waals surface area (Å²) in [6.07, 6.45) is 4.59. The van der Waals surface area contributed by atoms with Crippen LogP contribution in [-0.2, 0) is 0 Å². The molecule has 13 heavy (non-hydrogen) atoms. The largest absolute Gasteiger partial charge is 0.328 e. The predicted molar refractivity (Wildman–Crippen MR) is 51.3 cm³/mol. The Labute approximate surface area is 79.3 Å². The summed E-state index contributed by atoms with van der Waals surface area (Å²) >= 11 is 0. The summed E-state index contributed by atoms with van der Waals surface area (Å²) in [4.78, 5) is 2.25. The minimum atomic E-state index is -0.968. The molecule has 0 amide bonds. The van der Waals surface area contributed by atoms with Gasteiger partial charge in [-0.15, -0.1) is 0 Å². The van der Waals surface area contributed by atoms with Crippen LogP contribution < -0.4 is 5.73 Å². The van der Waals surface area contributed by atoms with Gasteiger partial charge in [0.15, 0.2) is 0 Å². The van der Waals surface area contributed by atoms with Crippen LogP contribution in [0, 0.1) is 0 Å². The third kappa shape index (κ3) is 2.20. The van der Waals surface area contributed by atoms with Gasteiger partial charge in [0.05, 0.1) is 0 Å². The number of rotatable bonds is 2. The van der Waals surface area contributed by atoms with Gasteiger partial charge in [0.1, 0.15) is 5.67 Å². The van der Waals surface area contributed by atoms with Crippen LogP contribution in [0.5, 0.6) is 0 Å². The van der Waals surface area contributed by atoms with E-state index in [1.807, 2.05) is 0 Å². The minimum absolute atomic E-state index is 0.104. The van der Waals surface area contributed by atoms with Crippen molar-refractivity contribution in [1.29, 1.82) is 0 Å². The standard InChI is InChI=1S/C10H19FN2/c11-10(4-3-9(12)7-10)8-13-5-1-2-6-13/h9H,1-8,12H2. The molecule has 76 valence electrons. The first-order valence-electron chi connectivity index (χ1n) is 5.35. The number of nitrogens with zero attached hydrogens (tertiary/aromatic N) is 1. The Morgan fingerprint density at radius 3 is 2.62 bits per heavy atom. The van der Waals surface area contributed by atoms with Gasteiger partial charge >= 0.3 is 0 Å². The van der Waals surface area contributed by atoms with Gasteiger partial charge in [-0.2, -0.15) is 0 Å². The van der Waals surface area contributed by atoms with E-state index in [1.54, 1.807) is 0 Å². The fraction of sp³-hybridized carbons (Fsp3) is 1.00. The summed E-state index contributed by atoms with van der Waals surface area (Å²) in [7, 11) is 0. The lowest BCUT2D eigenvalue weighted by molar-refractivity contribution is 0.110. The topological polar surface area (TPSA) is 29.3 Å². The summed E-state index contributed by atoms with van der Waals surface area (Å²) in [5.74, 6) is 0. The Morgan fingerprint density at radius 2 is 2.08 bits per heavy atom. The van der Waals surface area contributed by atoms with Gasteiger partial charge in [-0.1, -0.05) is 0 Å². The summed E-state index contributed by atoms with van der Waals surface area (Å²) < 4.78 is 14.1. The van der Waals surface area contributed by atoms with E-state index < -0.39 is 5.67 Å². The Morgan fingerprint density at radius 1 is 1.38 bits per heavy atom. The van der Waals surface area contributed by atoms with Gasteiger partial charge in [0.2, 0.25) is 0 Å². The Balaban J connectivity index is 1.85. The molecule has 0 radical (unpaired) electrons. The Kier molecular flexibility index (Phi) is 2.56. The van der Waals surface area contributed by atoms with Crippen molar-refractivity contribution in [3.8, 4) is 0 Å². The number of hydrogen-bond acceptors (Lipinski definition) is 2. The molecule has 2 aliphatic rings. The van der Waals surface area contributed by atoms with Crippen molar-refractivity contribution in [2.45, 2.75) is 43.8 Å². The van der Waals surface area contributed by atoms with Crippen LogP contribution in [-0.4, -0.2) is 36.2 Å². The minimum Gasteiger partial charge on any atom is -0.328 e. The van der Waals surface area contributed by atoms with Crippen LogP contribution in [0.3, 0.4) is 0 Å². The normalized spacial score (nSPS) is 41.5. The number of hydrogen-bond donors (Lipinski definition) is 1. The highest BCUT2D eigenvalue weighted by molar-refractivity contribution is 4.94. The van der Waals surface area contributed by atoms with Crippen molar-refractivity contribution in [2.75, 3.05) is 19.6 Å². The van der Waals surface area contributed by atoms with Gasteiger partial charge in [0, 0.05) is 12.6 Å². The van der Waals surface area contributed by atoms with Crippen LogP contribution in [0.25, 0.3) is 0 Å². The number of alkyl halides is 1. The summed E-state index contributed by atoms with van der Waals surface area (Å²) in [6, 6.07) is 0.104. The fourth-order valence-corrected chi connectivity index (χ4v) is 2.60. The maximum atomic E-state index is 14.1. The molecule has 1 aliphatic carbocycles. The second kappa shape index (κ2) is 3.54. The molecule has 3 heteroatoms. The molecule has 1 saturated carbocycles. The van der Waals surface area contributed by atoms with Crippen molar-refractivity contribution in [1.82, 2.24) is 4.90 Å². The second-order valence-electron chi connectivity index (χ2n) is 4.64. The molecule has 0 aromatic rings. The molecule has 1 aliphatic heterocycles. The summed E-state index contributed by atoms with van der Waals surface area (Å²) in [6.45, 7) is 2.79. The maximum Gasteiger partial charge on any atom is 0.125 e. The van der Waals surface area contributed by atoms with Gasteiger partial charge < -0.3 is 10.6 Å². The highest BCUT2D eigenvalue weighted by Crippen LogP contribution is 2.34. The molecule has 2 N–H and O–H groups in total. The molecule has 1 heterocycles. The van der Waals surface area contributed by atoms with Crippen molar-refractivity contribution < 1.29 is 4.39 Å². The molecule has 0 aromatic heterocycles. The monoisotopic (exact) mass is 186 g/mol. The highest BCUT2D eigenvalue weighted by atomic mass is 19.1. The molecule has 2 fully saturated rings. The van der Waals surface area contributed by atoms with E-state index in [9.17, 15) is 4.39 Å². The summed E-state index contributed by atoms with van der Waals surface area (Å²) in [5.41, 5.74) is 4.76. The number of nitrogens with two attached hydrogens (primary N) is 1. The van der Waals surface area contributed by atoms with Crippen LogP contribution in [0.1, 0.15) is 32.1 Å². The third-order valence-electron chi connectivity index (χ3n) is 3.30. The molecule has 0 spiro atoms. The predicted octanol–water partition coefficient (Wildman–Crippen LogP) is 1.30. The number of halogens is 1. The zero-order valence-corrected chi connectivity index (χ0v) is 8.14. The molecule has 0 bridgehead atoms. The second-order valence-corrected chi connectivity index (χ2v) is 4.64. The van der Waals surface area contributed by atoms with Gasteiger partial charge in [-0.05, 0) is 45.2 Å². The maximum absolute atomic E-state index is 14.1. The SMILES string of the molecule is NC1CCC(F)(CN2CCCC2)C1. The van der Waals surface area contributed by atoms with Crippen molar-refractivity contribution >= 4 is 0 Å². The Bertz CT molecular complexity index is 180. The lowest BCUT2D eigenvalue weighted by Gasteiger charge is -2.25. The van der Waals surface area contributed by atoms with E-state index in [1.165, 1.54) is 12.8 Å². The zero-order valence-electron chi connectivity index (χ0n) is 8.14. The average molecular weight is 186 g/mol. The van der Waals surface area contributed by atoms with Crippen LogP contribution in [0.4, 0.5) is 4.39 Å². The number of likely N-dealkylation sites (tertiary alicyclic amines) is 1. The first-order valence-corrected chi connectivity index (χ1v) is 5.35. The fourth-order valence-electron chi connectivity index (χ4n) is 2.60. The smallest absolute Gasteiger partial charge is 0.125 e. The van der Waals surface area contributed by atoms with Gasteiger partial charge in [-0.3, -0.25) is 0 Å². The third-order valence-corrected chi connectivity index (χ3v) is 3.30. The molecule has 1 saturated heterocycles. The molecule has 2 atom stereocenters. The summed E-state index contributed by atoms with van der Waals surface area (Å²) in [5, 5.41) is 0. The van der Waals surface area contributed by atoms with Crippen molar-refractivity contribution in [3.63, 3.8) is 0 Å². The lowest BCUT2D eigenvalue weighted by Crippen LogP contribution is -2.37. The first-order chi connectivity index (χ1) is 6.18. The quantitative estimate of drug-likeness (QED) is 0.704. The molecular formula is C10H19FN2. The van der Waals surface area contributed by atoms with Gasteiger partial charge in [0.25, 0.3) is 0 Å². The highest BCUT2D eigenvalue weighted by Gasteiger charge is 2.39. The molecule has 0 aromatic carbocycles. The van der Waals surface area contributed by atoms with E-state index in [0.29, 0.717) is 19.4 Å². The molecular weight excluding hydrogens is 167 g/mol. The van der Waals surface area contributed by atoms with Crippen LogP contribution in [0.15, 0.2) is 0 Å². The zero-order chi connectivity index (χ0) is 9.31. The first kappa shape index (κ1) is 9.41. The van der Waals surface area contributed by atoms with Crippen LogP contribution >= 0.6 is 0 Å². The van der Waals surface area contributed by atoms with E-state index in [4.69, 9.17) is 5.73 Å². The van der Waals surface area contributed by atoms with E-state index in [2.05, 4.69) is 4.90 Å². The van der Waals surface area contributed by atoms with Crippen molar-refractivity contribution in [2.24, 2.45) is 5.73 Å². The van der Waals surface area contributed by atoms with Crippen molar-refractivity contribution in [3.05, 3.63) is 0 Å². The van der Waals surface area contributed by atoms with E-state index in [-0.39, 0.29) is 6.04 Å². The molecule has 2 unspecified atom stereocenters. The Hall–Kier alpha value is -0.150. The molecule has 2 nitrogen and oxygen atoms in total. The van der Waals surface area contributed by atoms with E-state index >= 15 is 0 Å². The van der Waals surface area contributed by atoms with Gasteiger partial charge in [-0.25, -0.2) is 4.39 Å². The van der Waals surface area contributed by atoms with Crippen LogP contribution in [0.2, 0.25) is 0 Å². The van der Waals surface area contributed by atoms with E-state index in [0.717, 1.165) is 19.5 Å².